The van der Waals surface area contributed by atoms with Crippen molar-refractivity contribution in [2.24, 2.45) is 0 Å². The monoisotopic (exact) mass is 406 g/mol. The normalized spacial score (nSPS) is 13.5. The first-order valence-corrected chi connectivity index (χ1v) is 8.27. The zero-order valence-corrected chi connectivity index (χ0v) is 14.4. The molecule has 0 unspecified atom stereocenters. The van der Waals surface area contributed by atoms with Crippen LogP contribution in [0.5, 0.6) is 0 Å². The van der Waals surface area contributed by atoms with Crippen LogP contribution < -0.4 is 10.8 Å². The van der Waals surface area contributed by atoms with E-state index in [0.29, 0.717) is 15.7 Å². The quantitative estimate of drug-likeness (QED) is 0.513. The van der Waals surface area contributed by atoms with Crippen molar-refractivity contribution in [2.75, 3.05) is 5.32 Å². The molecule has 0 radical (unpaired) electrons. The largest absolute Gasteiger partial charge is 0.491 e. The minimum atomic E-state index is -4.98. The number of nitrogens with zero attached hydrogens (tertiary/aromatic N) is 3. The fourth-order valence-corrected chi connectivity index (χ4v) is 2.96. The van der Waals surface area contributed by atoms with E-state index in [0.717, 1.165) is 12.1 Å². The summed E-state index contributed by atoms with van der Waals surface area (Å²) in [6, 6.07) is 8.76. The van der Waals surface area contributed by atoms with Gasteiger partial charge in [-0.25, -0.2) is 9.07 Å². The van der Waals surface area contributed by atoms with Crippen molar-refractivity contribution in [3.63, 3.8) is 0 Å². The lowest BCUT2D eigenvalue weighted by molar-refractivity contribution is -0.143. The Bertz CT molecular complexity index is 1100. The third kappa shape index (κ3) is 3.59. The fraction of sp³-hybridized carbons (Fsp3) is 0.118. The number of aromatic nitrogens is 3. The number of carbonyl (C=O) groups is 1. The lowest BCUT2D eigenvalue weighted by Crippen LogP contribution is -2.28. The summed E-state index contributed by atoms with van der Waals surface area (Å²) in [6.07, 6.45) is -4.98. The Hall–Kier alpha value is -3.25. The molecule has 4 rings (SSSR count). The molecule has 148 valence electrons. The summed E-state index contributed by atoms with van der Waals surface area (Å²) in [7, 11) is -1.18. The summed E-state index contributed by atoms with van der Waals surface area (Å²) in [4.78, 5) is 12.5. The second-order valence-electron chi connectivity index (χ2n) is 6.21. The van der Waals surface area contributed by atoms with E-state index in [1.807, 2.05) is 0 Å². The molecular formula is C17H11BF4N4O3. The average Bonchev–Trinajstić information content (AvgIpc) is 3.26. The first kappa shape index (κ1) is 19.1. The van der Waals surface area contributed by atoms with Crippen LogP contribution >= 0.6 is 0 Å². The third-order valence-corrected chi connectivity index (χ3v) is 4.27. The van der Waals surface area contributed by atoms with E-state index in [1.54, 1.807) is 6.07 Å². The zero-order chi connectivity index (χ0) is 20.8. The highest BCUT2D eigenvalue weighted by Gasteiger charge is 2.42. The van der Waals surface area contributed by atoms with E-state index in [1.165, 1.54) is 24.3 Å². The molecule has 29 heavy (non-hydrogen) atoms. The maximum atomic E-state index is 13.6. The van der Waals surface area contributed by atoms with Gasteiger partial charge in [-0.15, -0.1) is 5.10 Å². The van der Waals surface area contributed by atoms with Crippen LogP contribution in [0.1, 0.15) is 21.7 Å². The van der Waals surface area contributed by atoms with Crippen LogP contribution in [0.2, 0.25) is 0 Å². The van der Waals surface area contributed by atoms with Gasteiger partial charge >= 0.3 is 13.3 Å². The van der Waals surface area contributed by atoms with Crippen molar-refractivity contribution in [1.29, 1.82) is 0 Å². The summed E-state index contributed by atoms with van der Waals surface area (Å²) in [6.45, 7) is 0.185. The zero-order valence-electron chi connectivity index (χ0n) is 14.4. The molecule has 0 spiro atoms. The number of fused-ring (bicyclic) bond motifs is 1. The van der Waals surface area contributed by atoms with Gasteiger partial charge in [-0.1, -0.05) is 17.3 Å². The smallest absolute Gasteiger partial charge is 0.423 e. The van der Waals surface area contributed by atoms with Crippen molar-refractivity contribution in [3.05, 3.63) is 65.2 Å². The van der Waals surface area contributed by atoms with Gasteiger partial charge in [-0.05, 0) is 41.4 Å². The number of hydrogen-bond donors (Lipinski definition) is 2. The molecule has 2 N–H and O–H groups in total. The maximum Gasteiger partial charge on any atom is 0.491 e. The molecule has 1 aliphatic heterocycles. The highest BCUT2D eigenvalue weighted by Crippen LogP contribution is 2.33. The topological polar surface area (TPSA) is 89.3 Å². The highest BCUT2D eigenvalue weighted by molar-refractivity contribution is 6.61. The Labute approximate surface area is 161 Å². The molecule has 0 aliphatic carbocycles. The van der Waals surface area contributed by atoms with Gasteiger partial charge < -0.3 is 15.0 Å². The SMILES string of the molecule is O=C(Nc1ccc2c(c1)B(O)OC2)c1nnn(-c2cccc(F)c2)c1C(F)(F)F. The molecular weight excluding hydrogens is 395 g/mol. The van der Waals surface area contributed by atoms with Crippen molar-refractivity contribution >= 4 is 24.2 Å². The molecule has 3 aromatic rings. The molecule has 0 atom stereocenters. The number of amides is 1. The number of carbonyl (C=O) groups excluding carboxylic acids is 1. The molecule has 1 aliphatic rings. The Morgan fingerprint density at radius 2 is 2.03 bits per heavy atom. The second-order valence-corrected chi connectivity index (χ2v) is 6.21. The predicted molar refractivity (Wildman–Crippen MR) is 93.1 cm³/mol. The summed E-state index contributed by atoms with van der Waals surface area (Å²) in [5.74, 6) is -1.93. The molecule has 0 saturated heterocycles. The molecule has 12 heteroatoms. The molecule has 1 amide bonds. The van der Waals surface area contributed by atoms with Crippen molar-refractivity contribution in [1.82, 2.24) is 15.0 Å². The van der Waals surface area contributed by atoms with Gasteiger partial charge in [-0.3, -0.25) is 4.79 Å². The van der Waals surface area contributed by atoms with Crippen molar-refractivity contribution in [3.8, 4) is 5.69 Å². The lowest BCUT2D eigenvalue weighted by Gasteiger charge is -2.11. The van der Waals surface area contributed by atoms with Gasteiger partial charge in [0.2, 0.25) is 0 Å². The van der Waals surface area contributed by atoms with Gasteiger partial charge in [0, 0.05) is 5.69 Å². The molecule has 2 heterocycles. The minimum Gasteiger partial charge on any atom is -0.423 e. The average molecular weight is 406 g/mol. The summed E-state index contributed by atoms with van der Waals surface area (Å²) in [5.41, 5.74) is -1.40. The molecule has 7 nitrogen and oxygen atoms in total. The van der Waals surface area contributed by atoms with Crippen LogP contribution in [-0.2, 0) is 17.4 Å². The number of nitrogens with one attached hydrogen (secondary N) is 1. The van der Waals surface area contributed by atoms with Gasteiger partial charge in [0.05, 0.1) is 12.3 Å². The lowest BCUT2D eigenvalue weighted by atomic mass is 9.79. The second kappa shape index (κ2) is 6.97. The number of halogens is 4. The predicted octanol–water partition coefficient (Wildman–Crippen LogP) is 1.90. The van der Waals surface area contributed by atoms with Crippen LogP contribution in [-0.4, -0.2) is 33.0 Å². The number of benzene rings is 2. The molecule has 0 fully saturated rings. The van der Waals surface area contributed by atoms with Gasteiger partial charge in [0.1, 0.15) is 5.82 Å². The number of rotatable bonds is 3. The highest BCUT2D eigenvalue weighted by atomic mass is 19.4. The van der Waals surface area contributed by atoms with Crippen molar-refractivity contribution in [2.45, 2.75) is 12.8 Å². The molecule has 0 bridgehead atoms. The minimum absolute atomic E-state index is 0.145. The number of hydrogen-bond acceptors (Lipinski definition) is 5. The number of alkyl halides is 3. The Morgan fingerprint density at radius 1 is 1.24 bits per heavy atom. The summed E-state index contributed by atoms with van der Waals surface area (Å²) in [5, 5.41) is 18.8. The Kier molecular flexibility index (Phi) is 4.59. The Balaban J connectivity index is 1.70. The van der Waals surface area contributed by atoms with Crippen LogP contribution in [0, 0.1) is 5.82 Å². The van der Waals surface area contributed by atoms with Crippen LogP contribution in [0.3, 0.4) is 0 Å². The van der Waals surface area contributed by atoms with E-state index in [2.05, 4.69) is 15.6 Å². The maximum absolute atomic E-state index is 13.6. The van der Waals surface area contributed by atoms with Crippen molar-refractivity contribution < 1.29 is 32.0 Å². The van der Waals surface area contributed by atoms with E-state index < -0.39 is 36.4 Å². The third-order valence-electron chi connectivity index (χ3n) is 4.27. The Morgan fingerprint density at radius 3 is 2.76 bits per heavy atom. The van der Waals surface area contributed by atoms with Crippen LogP contribution in [0.25, 0.3) is 5.69 Å². The molecule has 2 aromatic carbocycles. The van der Waals surface area contributed by atoms with E-state index in [-0.39, 0.29) is 18.0 Å². The molecule has 1 aromatic heterocycles. The van der Waals surface area contributed by atoms with Gasteiger partial charge in [-0.2, -0.15) is 13.2 Å². The van der Waals surface area contributed by atoms with E-state index >= 15 is 0 Å². The number of anilines is 1. The first-order valence-electron chi connectivity index (χ1n) is 8.27. The van der Waals surface area contributed by atoms with Crippen LogP contribution in [0.4, 0.5) is 23.2 Å². The summed E-state index contributed by atoms with van der Waals surface area (Å²) >= 11 is 0. The fourth-order valence-electron chi connectivity index (χ4n) is 2.96. The van der Waals surface area contributed by atoms with E-state index in [4.69, 9.17) is 4.65 Å². The standard InChI is InChI=1S/C17H11BF4N4O3/c19-10-2-1-3-12(6-10)26-15(17(20,21)22)14(24-25-26)16(27)23-11-5-4-9-8-29-18(28)13(9)7-11/h1-7,28H,8H2,(H,23,27). The van der Waals surface area contributed by atoms with Gasteiger partial charge in [0.15, 0.2) is 11.4 Å². The van der Waals surface area contributed by atoms with E-state index in [9.17, 15) is 27.4 Å². The van der Waals surface area contributed by atoms with Gasteiger partial charge in [0.25, 0.3) is 5.91 Å². The van der Waals surface area contributed by atoms with Crippen LogP contribution in [0.15, 0.2) is 42.5 Å². The first-order chi connectivity index (χ1) is 13.7. The summed E-state index contributed by atoms with van der Waals surface area (Å²) < 4.78 is 59.7. The molecule has 0 saturated carbocycles.